The van der Waals surface area contributed by atoms with Crippen LogP contribution >= 0.6 is 0 Å². The number of rotatable bonds is 6. The molecule has 0 unspecified atom stereocenters. The SMILES string of the molecule is Cc1ccc(S(=O)(=O)C[C@H](C)N[C@H](C)c2ccco2)cc1. The molecule has 5 heteroatoms. The molecule has 0 fully saturated rings. The lowest BCUT2D eigenvalue weighted by Gasteiger charge is -2.18. The smallest absolute Gasteiger partial charge is 0.179 e. The van der Waals surface area contributed by atoms with Gasteiger partial charge in [-0.1, -0.05) is 17.7 Å². The molecule has 1 aromatic carbocycles. The summed E-state index contributed by atoms with van der Waals surface area (Å²) in [5.74, 6) is 0.857. The molecule has 2 aromatic rings. The van der Waals surface area contributed by atoms with Crippen molar-refractivity contribution in [1.82, 2.24) is 5.32 Å². The van der Waals surface area contributed by atoms with E-state index >= 15 is 0 Å². The topological polar surface area (TPSA) is 59.3 Å². The number of sulfone groups is 1. The van der Waals surface area contributed by atoms with Crippen LogP contribution in [0.3, 0.4) is 0 Å². The first kappa shape index (κ1) is 15.8. The van der Waals surface area contributed by atoms with Gasteiger partial charge in [0.1, 0.15) is 5.76 Å². The highest BCUT2D eigenvalue weighted by Crippen LogP contribution is 2.16. The summed E-state index contributed by atoms with van der Waals surface area (Å²) in [6.45, 7) is 5.75. The lowest BCUT2D eigenvalue weighted by Crippen LogP contribution is -2.34. The standard InChI is InChI=1S/C16H21NO3S/c1-12-6-8-15(9-7-12)21(18,19)11-13(2)17-14(3)16-5-4-10-20-16/h4-10,13-14,17H,11H2,1-3H3/t13-,14+/m0/s1. The van der Waals surface area contributed by atoms with Crippen molar-refractivity contribution in [1.29, 1.82) is 0 Å². The van der Waals surface area contributed by atoms with E-state index in [1.807, 2.05) is 45.0 Å². The number of hydrogen-bond donors (Lipinski definition) is 1. The second-order valence-corrected chi connectivity index (χ2v) is 7.43. The maximum Gasteiger partial charge on any atom is 0.179 e. The molecule has 0 radical (unpaired) electrons. The third-order valence-electron chi connectivity index (χ3n) is 3.35. The van der Waals surface area contributed by atoms with Crippen LogP contribution in [0.4, 0.5) is 0 Å². The van der Waals surface area contributed by atoms with Gasteiger partial charge in [0.2, 0.25) is 0 Å². The lowest BCUT2D eigenvalue weighted by molar-refractivity contribution is 0.408. The van der Waals surface area contributed by atoms with E-state index in [0.29, 0.717) is 4.90 Å². The van der Waals surface area contributed by atoms with Crippen LogP contribution in [0.15, 0.2) is 52.0 Å². The molecule has 1 N–H and O–H groups in total. The summed E-state index contributed by atoms with van der Waals surface area (Å²) in [7, 11) is -3.28. The van der Waals surface area contributed by atoms with Crippen LogP contribution in [0.25, 0.3) is 0 Å². The van der Waals surface area contributed by atoms with Gasteiger partial charge >= 0.3 is 0 Å². The lowest BCUT2D eigenvalue weighted by atomic mass is 10.2. The zero-order chi connectivity index (χ0) is 15.5. The van der Waals surface area contributed by atoms with Gasteiger partial charge in [0, 0.05) is 6.04 Å². The number of nitrogens with one attached hydrogen (secondary N) is 1. The summed E-state index contributed by atoms with van der Waals surface area (Å²) in [5.41, 5.74) is 1.05. The van der Waals surface area contributed by atoms with Gasteiger partial charge < -0.3 is 9.73 Å². The zero-order valence-corrected chi connectivity index (χ0v) is 13.4. The first-order valence-electron chi connectivity index (χ1n) is 6.97. The Kier molecular flexibility index (Phi) is 4.85. The fourth-order valence-electron chi connectivity index (χ4n) is 2.27. The van der Waals surface area contributed by atoms with Crippen LogP contribution < -0.4 is 5.32 Å². The van der Waals surface area contributed by atoms with Gasteiger partial charge in [0.25, 0.3) is 0 Å². The predicted molar refractivity (Wildman–Crippen MR) is 83.0 cm³/mol. The summed E-state index contributed by atoms with van der Waals surface area (Å²) >= 11 is 0. The van der Waals surface area contributed by atoms with E-state index in [2.05, 4.69) is 5.32 Å². The monoisotopic (exact) mass is 307 g/mol. The molecule has 0 aliphatic carbocycles. The van der Waals surface area contributed by atoms with Gasteiger partial charge in [-0.15, -0.1) is 0 Å². The fraction of sp³-hybridized carbons (Fsp3) is 0.375. The minimum absolute atomic E-state index is 0.0248. The maximum absolute atomic E-state index is 12.4. The highest BCUT2D eigenvalue weighted by atomic mass is 32.2. The van der Waals surface area contributed by atoms with E-state index in [0.717, 1.165) is 11.3 Å². The molecule has 2 rings (SSSR count). The van der Waals surface area contributed by atoms with Crippen molar-refractivity contribution in [3.63, 3.8) is 0 Å². The molecule has 0 saturated heterocycles. The Morgan fingerprint density at radius 2 is 1.81 bits per heavy atom. The molecular weight excluding hydrogens is 286 g/mol. The maximum atomic E-state index is 12.4. The number of benzene rings is 1. The molecule has 0 spiro atoms. The normalized spacial score (nSPS) is 14.8. The first-order valence-corrected chi connectivity index (χ1v) is 8.62. The second kappa shape index (κ2) is 6.45. The van der Waals surface area contributed by atoms with Gasteiger partial charge in [-0.25, -0.2) is 8.42 Å². The Morgan fingerprint density at radius 1 is 1.14 bits per heavy atom. The van der Waals surface area contributed by atoms with Crippen LogP contribution in [0.1, 0.15) is 31.2 Å². The Balaban J connectivity index is 2.01. The van der Waals surface area contributed by atoms with Crippen LogP contribution in [0.5, 0.6) is 0 Å². The van der Waals surface area contributed by atoms with Crippen LogP contribution in [-0.2, 0) is 9.84 Å². The Labute approximate surface area is 126 Å². The van der Waals surface area contributed by atoms with Crippen molar-refractivity contribution in [3.8, 4) is 0 Å². The minimum Gasteiger partial charge on any atom is -0.468 e. The van der Waals surface area contributed by atoms with Gasteiger partial charge in [-0.2, -0.15) is 0 Å². The highest BCUT2D eigenvalue weighted by Gasteiger charge is 2.20. The van der Waals surface area contributed by atoms with Crippen molar-refractivity contribution in [3.05, 3.63) is 54.0 Å². The molecule has 4 nitrogen and oxygen atoms in total. The molecule has 0 saturated carbocycles. The van der Waals surface area contributed by atoms with Gasteiger partial charge in [-0.05, 0) is 45.0 Å². The minimum atomic E-state index is -3.28. The van der Waals surface area contributed by atoms with Gasteiger partial charge in [0.15, 0.2) is 9.84 Å². The Hall–Kier alpha value is -1.59. The molecular formula is C16H21NO3S. The average molecular weight is 307 g/mol. The van der Waals surface area contributed by atoms with Crippen molar-refractivity contribution < 1.29 is 12.8 Å². The van der Waals surface area contributed by atoms with Crippen molar-refractivity contribution in [2.75, 3.05) is 5.75 Å². The molecule has 21 heavy (non-hydrogen) atoms. The average Bonchev–Trinajstić information content (AvgIpc) is 2.92. The van der Waals surface area contributed by atoms with E-state index < -0.39 is 9.84 Å². The van der Waals surface area contributed by atoms with Crippen LogP contribution in [0, 0.1) is 6.92 Å². The Bertz CT molecular complexity index is 660. The third kappa shape index (κ3) is 4.19. The van der Waals surface area contributed by atoms with E-state index in [-0.39, 0.29) is 17.8 Å². The summed E-state index contributed by atoms with van der Waals surface area (Å²) in [6.07, 6.45) is 1.61. The molecule has 0 bridgehead atoms. The second-order valence-electron chi connectivity index (χ2n) is 5.40. The summed E-state index contributed by atoms with van der Waals surface area (Å²) in [4.78, 5) is 0.368. The fourth-order valence-corrected chi connectivity index (χ4v) is 3.76. The molecule has 2 atom stereocenters. The number of furan rings is 1. The van der Waals surface area contributed by atoms with E-state index in [1.165, 1.54) is 0 Å². The van der Waals surface area contributed by atoms with Crippen molar-refractivity contribution in [2.45, 2.75) is 37.8 Å². The molecule has 0 aliphatic rings. The molecule has 1 heterocycles. The largest absolute Gasteiger partial charge is 0.468 e. The van der Waals surface area contributed by atoms with Gasteiger partial charge in [-0.3, -0.25) is 0 Å². The van der Waals surface area contributed by atoms with E-state index in [1.54, 1.807) is 18.4 Å². The number of aryl methyl sites for hydroxylation is 1. The predicted octanol–water partition coefficient (Wildman–Crippen LogP) is 3.10. The molecule has 114 valence electrons. The first-order chi connectivity index (χ1) is 9.88. The van der Waals surface area contributed by atoms with Crippen LogP contribution in [0.2, 0.25) is 0 Å². The molecule has 1 aromatic heterocycles. The summed E-state index contributed by atoms with van der Waals surface area (Å²) < 4.78 is 30.0. The number of hydrogen-bond acceptors (Lipinski definition) is 4. The zero-order valence-electron chi connectivity index (χ0n) is 12.5. The Morgan fingerprint density at radius 3 is 2.38 bits per heavy atom. The van der Waals surface area contributed by atoms with E-state index in [9.17, 15) is 8.42 Å². The summed E-state index contributed by atoms with van der Waals surface area (Å²) in [6, 6.07) is 10.5. The van der Waals surface area contributed by atoms with Gasteiger partial charge in [0.05, 0.1) is 23.0 Å². The van der Waals surface area contributed by atoms with Crippen LogP contribution in [-0.4, -0.2) is 20.2 Å². The highest BCUT2D eigenvalue weighted by molar-refractivity contribution is 7.91. The molecule has 0 aliphatic heterocycles. The van der Waals surface area contributed by atoms with E-state index in [4.69, 9.17) is 4.42 Å². The van der Waals surface area contributed by atoms with Crippen molar-refractivity contribution >= 4 is 9.84 Å². The quantitative estimate of drug-likeness (QED) is 0.891. The van der Waals surface area contributed by atoms with Crippen molar-refractivity contribution in [2.24, 2.45) is 0 Å². The third-order valence-corrected chi connectivity index (χ3v) is 5.28. The molecule has 0 amide bonds. The summed E-state index contributed by atoms with van der Waals surface area (Å²) in [5, 5.41) is 3.25.